The van der Waals surface area contributed by atoms with Crippen molar-refractivity contribution in [3.05, 3.63) is 21.8 Å². The number of carbonyl (C=O) groups is 1. The highest BCUT2D eigenvalue weighted by atomic mass is 79.9. The molecule has 1 aromatic heterocycles. The molecule has 2 heterocycles. The van der Waals surface area contributed by atoms with Crippen molar-refractivity contribution in [3.8, 4) is 0 Å². The topological polar surface area (TPSA) is 33.2 Å². The maximum Gasteiger partial charge on any atom is 0.142 e. The number of ketones is 1. The standard InChI is InChI=1S/C10H10BrClN2O/c11-9-5-7(12)6-13-10(9)14-3-1-8(15)2-4-14/h5-6H,1-4H2. The lowest BCUT2D eigenvalue weighted by molar-refractivity contribution is -0.119. The van der Waals surface area contributed by atoms with Gasteiger partial charge in [0.2, 0.25) is 0 Å². The van der Waals surface area contributed by atoms with Crippen molar-refractivity contribution in [2.45, 2.75) is 12.8 Å². The molecule has 0 aliphatic carbocycles. The number of carbonyl (C=O) groups excluding carboxylic acids is 1. The number of anilines is 1. The number of nitrogens with zero attached hydrogens (tertiary/aromatic N) is 2. The van der Waals surface area contributed by atoms with Gasteiger partial charge in [-0.05, 0) is 22.0 Å². The van der Waals surface area contributed by atoms with E-state index in [-0.39, 0.29) is 0 Å². The van der Waals surface area contributed by atoms with E-state index in [4.69, 9.17) is 11.6 Å². The quantitative estimate of drug-likeness (QED) is 0.797. The molecule has 1 aromatic rings. The second kappa shape index (κ2) is 4.49. The number of piperidine rings is 1. The number of Topliss-reactive ketones (excluding diaryl/α,β-unsaturated/α-hetero) is 1. The van der Waals surface area contributed by atoms with E-state index >= 15 is 0 Å². The third-order valence-electron chi connectivity index (χ3n) is 2.41. The minimum absolute atomic E-state index is 0.330. The van der Waals surface area contributed by atoms with Gasteiger partial charge in [-0.1, -0.05) is 11.6 Å². The van der Waals surface area contributed by atoms with E-state index in [1.54, 1.807) is 6.20 Å². The largest absolute Gasteiger partial charge is 0.355 e. The lowest BCUT2D eigenvalue weighted by Crippen LogP contribution is -2.34. The van der Waals surface area contributed by atoms with E-state index in [9.17, 15) is 4.79 Å². The van der Waals surface area contributed by atoms with E-state index in [0.29, 0.717) is 23.6 Å². The Labute approximate surface area is 102 Å². The predicted octanol–water partition coefficient (Wildman–Crippen LogP) is 2.67. The highest BCUT2D eigenvalue weighted by Gasteiger charge is 2.19. The van der Waals surface area contributed by atoms with Crippen molar-refractivity contribution in [1.82, 2.24) is 4.98 Å². The fraction of sp³-hybridized carbons (Fsp3) is 0.400. The number of rotatable bonds is 1. The summed E-state index contributed by atoms with van der Waals surface area (Å²) < 4.78 is 0.879. The van der Waals surface area contributed by atoms with Crippen molar-refractivity contribution in [3.63, 3.8) is 0 Å². The minimum Gasteiger partial charge on any atom is -0.355 e. The summed E-state index contributed by atoms with van der Waals surface area (Å²) in [4.78, 5) is 17.5. The molecule has 1 saturated heterocycles. The van der Waals surface area contributed by atoms with Crippen molar-refractivity contribution >= 4 is 39.1 Å². The number of pyridine rings is 1. The van der Waals surface area contributed by atoms with E-state index in [1.807, 2.05) is 6.07 Å². The summed E-state index contributed by atoms with van der Waals surface area (Å²) in [7, 11) is 0. The van der Waals surface area contributed by atoms with Gasteiger partial charge < -0.3 is 4.90 Å². The van der Waals surface area contributed by atoms with E-state index in [1.165, 1.54) is 0 Å². The van der Waals surface area contributed by atoms with E-state index in [0.717, 1.165) is 23.4 Å². The molecule has 0 saturated carbocycles. The van der Waals surface area contributed by atoms with Gasteiger partial charge >= 0.3 is 0 Å². The summed E-state index contributed by atoms with van der Waals surface area (Å²) in [5, 5.41) is 0.610. The molecule has 3 nitrogen and oxygen atoms in total. The van der Waals surface area contributed by atoms with Crippen LogP contribution in [0.25, 0.3) is 0 Å². The number of halogens is 2. The zero-order chi connectivity index (χ0) is 10.8. The Balaban J connectivity index is 2.19. The van der Waals surface area contributed by atoms with Gasteiger partial charge in [-0.2, -0.15) is 0 Å². The molecule has 0 unspecified atom stereocenters. The first kappa shape index (κ1) is 10.9. The molecule has 0 spiro atoms. The molecule has 2 rings (SSSR count). The van der Waals surface area contributed by atoms with Crippen molar-refractivity contribution in [2.24, 2.45) is 0 Å². The van der Waals surface area contributed by atoms with Crippen molar-refractivity contribution in [1.29, 1.82) is 0 Å². The van der Waals surface area contributed by atoms with Crippen LogP contribution in [-0.2, 0) is 4.79 Å². The zero-order valence-electron chi connectivity index (χ0n) is 8.04. The third kappa shape index (κ3) is 2.49. The summed E-state index contributed by atoms with van der Waals surface area (Å²) in [5.74, 6) is 1.20. The molecule has 0 N–H and O–H groups in total. The van der Waals surface area contributed by atoms with Gasteiger partial charge in [-0.15, -0.1) is 0 Å². The normalized spacial score (nSPS) is 16.9. The van der Waals surface area contributed by atoms with Crippen LogP contribution in [0.2, 0.25) is 5.02 Å². The number of hydrogen-bond acceptors (Lipinski definition) is 3. The number of hydrogen-bond donors (Lipinski definition) is 0. The first-order valence-electron chi connectivity index (χ1n) is 4.74. The molecule has 0 aromatic carbocycles. The first-order chi connectivity index (χ1) is 7.16. The van der Waals surface area contributed by atoms with Gasteiger partial charge in [0, 0.05) is 32.1 Å². The average molecular weight is 290 g/mol. The molecule has 1 aliphatic rings. The van der Waals surface area contributed by atoms with E-state index < -0.39 is 0 Å². The average Bonchev–Trinajstić information content (AvgIpc) is 2.20. The Kier molecular flexibility index (Phi) is 3.26. The van der Waals surface area contributed by atoms with Crippen LogP contribution < -0.4 is 4.90 Å². The highest BCUT2D eigenvalue weighted by molar-refractivity contribution is 9.10. The Morgan fingerprint density at radius 1 is 1.40 bits per heavy atom. The second-order valence-corrected chi connectivity index (χ2v) is 4.78. The lowest BCUT2D eigenvalue weighted by atomic mass is 10.1. The predicted molar refractivity (Wildman–Crippen MR) is 63.4 cm³/mol. The van der Waals surface area contributed by atoms with Crippen LogP contribution in [0.15, 0.2) is 16.7 Å². The number of aromatic nitrogens is 1. The lowest BCUT2D eigenvalue weighted by Gasteiger charge is -2.27. The van der Waals surface area contributed by atoms with Crippen LogP contribution in [0, 0.1) is 0 Å². The molecular weight excluding hydrogens is 279 g/mol. The van der Waals surface area contributed by atoms with Gasteiger partial charge in [0.15, 0.2) is 0 Å². The molecule has 0 atom stereocenters. The fourth-order valence-corrected chi connectivity index (χ4v) is 2.50. The second-order valence-electron chi connectivity index (χ2n) is 3.48. The highest BCUT2D eigenvalue weighted by Crippen LogP contribution is 2.27. The molecule has 80 valence electrons. The van der Waals surface area contributed by atoms with Crippen LogP contribution in [0.5, 0.6) is 0 Å². The molecule has 1 aliphatic heterocycles. The Morgan fingerprint density at radius 2 is 2.07 bits per heavy atom. The van der Waals surface area contributed by atoms with Gasteiger partial charge in [0.05, 0.1) is 9.50 Å². The van der Waals surface area contributed by atoms with Crippen LogP contribution in [-0.4, -0.2) is 23.9 Å². The molecule has 1 fully saturated rings. The molecule has 0 radical (unpaired) electrons. The Bertz CT molecular complexity index is 387. The smallest absolute Gasteiger partial charge is 0.142 e. The summed E-state index contributed by atoms with van der Waals surface area (Å²) in [6.45, 7) is 1.48. The maximum atomic E-state index is 11.1. The summed E-state index contributed by atoms with van der Waals surface area (Å²) in [5.41, 5.74) is 0. The summed E-state index contributed by atoms with van der Waals surface area (Å²) >= 11 is 9.24. The van der Waals surface area contributed by atoms with Gasteiger partial charge in [0.1, 0.15) is 11.6 Å². The van der Waals surface area contributed by atoms with Gasteiger partial charge in [-0.25, -0.2) is 4.98 Å². The maximum absolute atomic E-state index is 11.1. The first-order valence-corrected chi connectivity index (χ1v) is 5.91. The summed E-state index contributed by atoms with van der Waals surface area (Å²) in [6.07, 6.45) is 2.84. The van der Waals surface area contributed by atoms with Crippen LogP contribution in [0.4, 0.5) is 5.82 Å². The monoisotopic (exact) mass is 288 g/mol. The minimum atomic E-state index is 0.330. The zero-order valence-corrected chi connectivity index (χ0v) is 10.4. The molecular formula is C10H10BrClN2O. The SMILES string of the molecule is O=C1CCN(c2ncc(Cl)cc2Br)CC1. The third-order valence-corrected chi connectivity index (χ3v) is 3.20. The molecule has 0 bridgehead atoms. The van der Waals surface area contributed by atoms with Crippen molar-refractivity contribution in [2.75, 3.05) is 18.0 Å². The Hall–Kier alpha value is -0.610. The fourth-order valence-electron chi connectivity index (χ4n) is 1.61. The molecule has 0 amide bonds. The Morgan fingerprint density at radius 3 is 2.67 bits per heavy atom. The van der Waals surface area contributed by atoms with Crippen LogP contribution in [0.3, 0.4) is 0 Å². The molecule has 15 heavy (non-hydrogen) atoms. The van der Waals surface area contributed by atoms with Gasteiger partial charge in [0.25, 0.3) is 0 Å². The van der Waals surface area contributed by atoms with Crippen LogP contribution in [0.1, 0.15) is 12.8 Å². The van der Waals surface area contributed by atoms with Gasteiger partial charge in [-0.3, -0.25) is 4.79 Å². The van der Waals surface area contributed by atoms with Crippen molar-refractivity contribution < 1.29 is 4.79 Å². The van der Waals surface area contributed by atoms with Crippen LogP contribution >= 0.6 is 27.5 Å². The van der Waals surface area contributed by atoms with E-state index in [2.05, 4.69) is 25.8 Å². The molecule has 5 heteroatoms. The summed E-state index contributed by atoms with van der Waals surface area (Å²) in [6, 6.07) is 1.82.